The van der Waals surface area contributed by atoms with Crippen LogP contribution < -0.4 is 20.7 Å². The summed E-state index contributed by atoms with van der Waals surface area (Å²) in [6.45, 7) is 0.380. The maximum Gasteiger partial charge on any atom is 0.416 e. The van der Waals surface area contributed by atoms with Crippen LogP contribution in [0.3, 0.4) is 0 Å². The zero-order chi connectivity index (χ0) is 27.0. The van der Waals surface area contributed by atoms with Gasteiger partial charge < -0.3 is 20.7 Å². The third kappa shape index (κ3) is 7.60. The maximum absolute atomic E-state index is 12.9. The number of anilines is 3. The van der Waals surface area contributed by atoms with Gasteiger partial charge in [0.05, 0.1) is 12.1 Å². The lowest BCUT2D eigenvalue weighted by atomic mass is 10.1. The van der Waals surface area contributed by atoms with E-state index in [1.807, 2.05) is 42.5 Å². The van der Waals surface area contributed by atoms with E-state index in [2.05, 4.69) is 16.0 Å². The number of hydrogen-bond donors (Lipinski definition) is 3. The highest BCUT2D eigenvalue weighted by Crippen LogP contribution is 2.30. The molecule has 2 amide bonds. The van der Waals surface area contributed by atoms with Gasteiger partial charge in [0.15, 0.2) is 0 Å². The van der Waals surface area contributed by atoms with Gasteiger partial charge >= 0.3 is 6.18 Å². The number of rotatable bonds is 9. The molecule has 6 nitrogen and oxygen atoms in total. The molecule has 0 heterocycles. The third-order valence-corrected chi connectivity index (χ3v) is 5.39. The molecule has 3 N–H and O–H groups in total. The Labute approximate surface area is 217 Å². The molecule has 0 aliphatic carbocycles. The fourth-order valence-corrected chi connectivity index (χ4v) is 3.54. The van der Waals surface area contributed by atoms with Crippen LogP contribution in [0.4, 0.5) is 30.2 Å². The lowest BCUT2D eigenvalue weighted by molar-refractivity contribution is -0.137. The van der Waals surface area contributed by atoms with Gasteiger partial charge in [0.25, 0.3) is 5.91 Å². The average Bonchev–Trinajstić information content (AvgIpc) is 2.91. The van der Waals surface area contributed by atoms with Crippen molar-refractivity contribution >= 4 is 28.9 Å². The SMILES string of the molecule is O=C(CNc1cccc(OCc2ccccc2)c1)Nc1cccc(C(=O)Nc2cccc(C(F)(F)F)c2)c1. The number of alkyl halides is 3. The van der Waals surface area contributed by atoms with E-state index >= 15 is 0 Å². The minimum atomic E-state index is -4.52. The van der Waals surface area contributed by atoms with E-state index in [4.69, 9.17) is 4.74 Å². The molecule has 0 radical (unpaired) electrons. The van der Waals surface area contributed by atoms with Crippen LogP contribution >= 0.6 is 0 Å². The lowest BCUT2D eigenvalue weighted by Crippen LogP contribution is -2.22. The summed E-state index contributed by atoms with van der Waals surface area (Å²) < 4.78 is 44.6. The van der Waals surface area contributed by atoms with E-state index in [-0.39, 0.29) is 23.7 Å². The Morgan fingerprint density at radius 3 is 2.16 bits per heavy atom. The average molecular weight is 520 g/mol. The molecule has 0 unspecified atom stereocenters. The molecule has 0 spiro atoms. The van der Waals surface area contributed by atoms with Crippen LogP contribution in [-0.2, 0) is 17.6 Å². The monoisotopic (exact) mass is 519 g/mol. The molecule has 0 atom stereocenters. The molecule has 194 valence electrons. The number of halogens is 3. The summed E-state index contributed by atoms with van der Waals surface area (Å²) in [6, 6.07) is 27.5. The highest BCUT2D eigenvalue weighted by Gasteiger charge is 2.30. The molecule has 0 saturated heterocycles. The quantitative estimate of drug-likeness (QED) is 0.233. The molecule has 0 aliphatic rings. The second kappa shape index (κ2) is 12.0. The van der Waals surface area contributed by atoms with Crippen molar-refractivity contribution in [3.05, 3.63) is 120 Å². The molecule has 0 fully saturated rings. The van der Waals surface area contributed by atoms with E-state index in [0.29, 0.717) is 23.7 Å². The molecule has 0 saturated carbocycles. The first-order valence-corrected chi connectivity index (χ1v) is 11.7. The molecular formula is C29H24F3N3O3. The van der Waals surface area contributed by atoms with Crippen molar-refractivity contribution in [3.63, 3.8) is 0 Å². The summed E-state index contributed by atoms with van der Waals surface area (Å²) in [7, 11) is 0. The summed E-state index contributed by atoms with van der Waals surface area (Å²) in [5, 5.41) is 8.18. The summed E-state index contributed by atoms with van der Waals surface area (Å²) in [5.74, 6) is -0.305. The molecule has 4 aromatic rings. The molecular weight excluding hydrogens is 495 g/mol. The smallest absolute Gasteiger partial charge is 0.416 e. The zero-order valence-corrected chi connectivity index (χ0v) is 20.1. The van der Waals surface area contributed by atoms with Gasteiger partial charge in [-0.3, -0.25) is 9.59 Å². The standard InChI is InChI=1S/C29H24F3N3O3/c30-29(31,32)22-10-5-13-25(16-22)35-28(37)21-9-4-12-24(15-21)34-27(36)18-33-23-11-6-14-26(17-23)38-19-20-7-2-1-3-8-20/h1-17,33H,18-19H2,(H,34,36)(H,35,37). The first-order valence-electron chi connectivity index (χ1n) is 11.7. The second-order valence-electron chi connectivity index (χ2n) is 8.32. The second-order valence-corrected chi connectivity index (χ2v) is 8.32. The molecule has 38 heavy (non-hydrogen) atoms. The van der Waals surface area contributed by atoms with Crippen molar-refractivity contribution in [1.82, 2.24) is 0 Å². The van der Waals surface area contributed by atoms with E-state index < -0.39 is 17.6 Å². The predicted octanol–water partition coefficient (Wildman–Crippen LogP) is 6.59. The van der Waals surface area contributed by atoms with Gasteiger partial charge in [0, 0.05) is 28.7 Å². The Bertz CT molecular complexity index is 1410. The van der Waals surface area contributed by atoms with Gasteiger partial charge in [0.2, 0.25) is 5.91 Å². The number of carbonyl (C=O) groups excluding carboxylic acids is 2. The predicted molar refractivity (Wildman–Crippen MR) is 140 cm³/mol. The number of nitrogens with one attached hydrogen (secondary N) is 3. The molecule has 0 aliphatic heterocycles. The number of amides is 2. The normalized spacial score (nSPS) is 10.9. The maximum atomic E-state index is 12.9. The largest absolute Gasteiger partial charge is 0.489 e. The van der Waals surface area contributed by atoms with Crippen molar-refractivity contribution in [2.24, 2.45) is 0 Å². The Morgan fingerprint density at radius 1 is 0.711 bits per heavy atom. The summed E-state index contributed by atoms with van der Waals surface area (Å²) in [4.78, 5) is 25.0. The zero-order valence-electron chi connectivity index (χ0n) is 20.1. The number of carbonyl (C=O) groups is 2. The summed E-state index contributed by atoms with van der Waals surface area (Å²) in [6.07, 6.45) is -4.52. The minimum absolute atomic E-state index is 0.0124. The first-order chi connectivity index (χ1) is 18.3. The van der Waals surface area contributed by atoms with Gasteiger partial charge in [-0.05, 0) is 54.1 Å². The Morgan fingerprint density at radius 2 is 1.39 bits per heavy atom. The summed E-state index contributed by atoms with van der Waals surface area (Å²) in [5.41, 5.74) is 1.43. The van der Waals surface area contributed by atoms with E-state index in [9.17, 15) is 22.8 Å². The fraction of sp³-hybridized carbons (Fsp3) is 0.103. The Hall–Kier alpha value is -4.79. The van der Waals surface area contributed by atoms with Gasteiger partial charge in [-0.25, -0.2) is 0 Å². The first kappa shape index (κ1) is 26.3. The minimum Gasteiger partial charge on any atom is -0.489 e. The van der Waals surface area contributed by atoms with Crippen molar-refractivity contribution < 1.29 is 27.5 Å². The molecule has 0 bridgehead atoms. The Kier molecular flexibility index (Phi) is 8.27. The van der Waals surface area contributed by atoms with Crippen LogP contribution in [0.2, 0.25) is 0 Å². The van der Waals surface area contributed by atoms with Gasteiger partial charge in [-0.1, -0.05) is 48.5 Å². The molecule has 9 heteroatoms. The molecule has 4 aromatic carbocycles. The summed E-state index contributed by atoms with van der Waals surface area (Å²) >= 11 is 0. The highest BCUT2D eigenvalue weighted by molar-refractivity contribution is 6.05. The van der Waals surface area contributed by atoms with Crippen LogP contribution in [0.15, 0.2) is 103 Å². The van der Waals surface area contributed by atoms with Crippen molar-refractivity contribution in [3.8, 4) is 5.75 Å². The van der Waals surface area contributed by atoms with E-state index in [1.54, 1.807) is 24.3 Å². The van der Waals surface area contributed by atoms with Crippen LogP contribution in [0, 0.1) is 0 Å². The van der Waals surface area contributed by atoms with Crippen LogP contribution in [0.1, 0.15) is 21.5 Å². The molecule has 0 aromatic heterocycles. The van der Waals surface area contributed by atoms with Gasteiger partial charge in [0.1, 0.15) is 12.4 Å². The van der Waals surface area contributed by atoms with Gasteiger partial charge in [-0.2, -0.15) is 13.2 Å². The Balaban J connectivity index is 1.30. The van der Waals surface area contributed by atoms with Crippen molar-refractivity contribution in [2.75, 3.05) is 22.5 Å². The highest BCUT2D eigenvalue weighted by atomic mass is 19.4. The molecule has 4 rings (SSSR count). The third-order valence-electron chi connectivity index (χ3n) is 5.39. The topological polar surface area (TPSA) is 79.5 Å². The van der Waals surface area contributed by atoms with Crippen LogP contribution in [0.25, 0.3) is 0 Å². The number of benzene rings is 4. The van der Waals surface area contributed by atoms with E-state index in [0.717, 1.165) is 17.7 Å². The van der Waals surface area contributed by atoms with Crippen LogP contribution in [-0.4, -0.2) is 18.4 Å². The van der Waals surface area contributed by atoms with Crippen LogP contribution in [0.5, 0.6) is 5.75 Å². The number of hydrogen-bond acceptors (Lipinski definition) is 4. The lowest BCUT2D eigenvalue weighted by Gasteiger charge is -2.12. The van der Waals surface area contributed by atoms with Crippen molar-refractivity contribution in [1.29, 1.82) is 0 Å². The number of ether oxygens (including phenoxy) is 1. The van der Waals surface area contributed by atoms with Gasteiger partial charge in [-0.15, -0.1) is 0 Å². The fourth-order valence-electron chi connectivity index (χ4n) is 3.54. The van der Waals surface area contributed by atoms with Crippen molar-refractivity contribution in [2.45, 2.75) is 12.8 Å². The van der Waals surface area contributed by atoms with E-state index in [1.165, 1.54) is 24.3 Å².